The molecule has 3 aliphatic rings. The topological polar surface area (TPSA) is 50.2 Å². The summed E-state index contributed by atoms with van der Waals surface area (Å²) in [6.45, 7) is 9.28. The van der Waals surface area contributed by atoms with Crippen molar-refractivity contribution in [3.63, 3.8) is 0 Å². The van der Waals surface area contributed by atoms with Gasteiger partial charge in [0.1, 0.15) is 11.8 Å². The zero-order chi connectivity index (χ0) is 20.5. The van der Waals surface area contributed by atoms with Crippen molar-refractivity contribution in [3.05, 3.63) is 53.9 Å². The fraction of sp³-hybridized carbons (Fsp3) is 0.478. The van der Waals surface area contributed by atoms with Crippen LogP contribution in [0.1, 0.15) is 37.2 Å². The second-order valence-electron chi connectivity index (χ2n) is 7.90. The van der Waals surface area contributed by atoms with Crippen molar-refractivity contribution in [2.45, 2.75) is 31.2 Å². The number of hydrogen-bond acceptors (Lipinski definition) is 7. The molecule has 0 aliphatic carbocycles. The van der Waals surface area contributed by atoms with Gasteiger partial charge in [-0.05, 0) is 36.8 Å². The van der Waals surface area contributed by atoms with E-state index in [4.69, 9.17) is 14.5 Å². The van der Waals surface area contributed by atoms with E-state index in [1.54, 1.807) is 0 Å². The van der Waals surface area contributed by atoms with Gasteiger partial charge in [-0.3, -0.25) is 9.98 Å². The van der Waals surface area contributed by atoms with Gasteiger partial charge in [0, 0.05) is 31.1 Å². The van der Waals surface area contributed by atoms with Crippen LogP contribution < -0.4 is 9.64 Å². The summed E-state index contributed by atoms with van der Waals surface area (Å²) in [4.78, 5) is 14.5. The van der Waals surface area contributed by atoms with Gasteiger partial charge in [-0.15, -0.1) is 0 Å². The van der Waals surface area contributed by atoms with Gasteiger partial charge in [0.25, 0.3) is 0 Å². The maximum absolute atomic E-state index is 6.10. The molecule has 0 bridgehead atoms. The maximum atomic E-state index is 6.10. The zero-order valence-electron chi connectivity index (χ0n) is 17.5. The van der Waals surface area contributed by atoms with Crippen LogP contribution in [0.2, 0.25) is 0 Å². The smallest absolute Gasteiger partial charge is 0.160 e. The van der Waals surface area contributed by atoms with E-state index in [0.717, 1.165) is 55.1 Å². The average Bonchev–Trinajstić information content (AvgIpc) is 3.31. The summed E-state index contributed by atoms with van der Waals surface area (Å²) < 4.78 is 11.6. The van der Waals surface area contributed by atoms with Crippen LogP contribution in [0.15, 0.2) is 47.6 Å². The van der Waals surface area contributed by atoms with Gasteiger partial charge < -0.3 is 19.3 Å². The molecule has 6 nitrogen and oxygen atoms in total. The van der Waals surface area contributed by atoms with Crippen LogP contribution in [0.5, 0.6) is 5.75 Å². The van der Waals surface area contributed by atoms with Gasteiger partial charge in [-0.1, -0.05) is 30.8 Å². The third-order valence-electron chi connectivity index (χ3n) is 5.86. The van der Waals surface area contributed by atoms with Gasteiger partial charge in [0.05, 0.1) is 37.2 Å². The molecule has 2 aromatic rings. The Kier molecular flexibility index (Phi) is 5.56. The summed E-state index contributed by atoms with van der Waals surface area (Å²) in [5.41, 5.74) is 3.41. The van der Waals surface area contributed by atoms with Crippen molar-refractivity contribution >= 4 is 22.6 Å². The molecule has 158 valence electrons. The molecule has 0 radical (unpaired) electrons. The zero-order valence-corrected chi connectivity index (χ0v) is 18.3. The van der Waals surface area contributed by atoms with Crippen LogP contribution in [0.3, 0.4) is 0 Å². The summed E-state index contributed by atoms with van der Waals surface area (Å²) in [5.74, 6) is 0.949. The lowest BCUT2D eigenvalue weighted by molar-refractivity contribution is 0.122. The predicted octanol–water partition coefficient (Wildman–Crippen LogP) is 3.91. The molecule has 7 heteroatoms. The van der Waals surface area contributed by atoms with E-state index in [1.807, 2.05) is 37.0 Å². The fourth-order valence-electron chi connectivity index (χ4n) is 4.53. The van der Waals surface area contributed by atoms with E-state index < -0.39 is 0 Å². The largest absolute Gasteiger partial charge is 0.492 e. The molecule has 0 amide bonds. The number of aliphatic imine (C=N–C) groups is 1. The lowest BCUT2D eigenvalue weighted by Crippen LogP contribution is -2.36. The van der Waals surface area contributed by atoms with E-state index in [0.29, 0.717) is 11.9 Å². The Labute approximate surface area is 182 Å². The van der Waals surface area contributed by atoms with Gasteiger partial charge in [-0.2, -0.15) is 0 Å². The Hall–Kier alpha value is -2.25. The number of amidine groups is 1. The van der Waals surface area contributed by atoms with Gasteiger partial charge in [0.15, 0.2) is 5.17 Å². The van der Waals surface area contributed by atoms with E-state index in [2.05, 4.69) is 46.0 Å². The Morgan fingerprint density at radius 1 is 1.20 bits per heavy atom. The number of aromatic nitrogens is 1. The third kappa shape index (κ3) is 3.65. The predicted molar refractivity (Wildman–Crippen MR) is 122 cm³/mol. The Balaban J connectivity index is 1.52. The molecule has 1 aromatic heterocycles. The van der Waals surface area contributed by atoms with E-state index in [1.165, 1.54) is 5.56 Å². The summed E-state index contributed by atoms with van der Waals surface area (Å²) in [6, 6.07) is 12.9. The number of hydrogen-bond donors (Lipinski definition) is 0. The number of thioether (sulfide) groups is 1. The van der Waals surface area contributed by atoms with E-state index in [-0.39, 0.29) is 12.1 Å². The van der Waals surface area contributed by atoms with Crippen molar-refractivity contribution < 1.29 is 9.47 Å². The van der Waals surface area contributed by atoms with Crippen molar-refractivity contribution in [2.24, 2.45) is 4.99 Å². The normalized spacial score (nSPS) is 25.9. The molecule has 5 rings (SSSR count). The summed E-state index contributed by atoms with van der Waals surface area (Å²) in [6.07, 6.45) is 1.86. The van der Waals surface area contributed by atoms with Crippen LogP contribution in [0.25, 0.3) is 0 Å². The van der Waals surface area contributed by atoms with Crippen LogP contribution in [-0.2, 0) is 4.74 Å². The molecule has 30 heavy (non-hydrogen) atoms. The van der Waals surface area contributed by atoms with Gasteiger partial charge in [0.2, 0.25) is 0 Å². The first-order valence-corrected chi connectivity index (χ1v) is 11.6. The molecule has 3 aliphatic heterocycles. The molecule has 3 atom stereocenters. The summed E-state index contributed by atoms with van der Waals surface area (Å²) in [7, 11) is 0. The molecule has 1 aromatic carbocycles. The number of benzene rings is 1. The number of fused-ring (bicyclic) bond motifs is 1. The minimum Gasteiger partial charge on any atom is -0.492 e. The first-order valence-electron chi connectivity index (χ1n) is 10.8. The standard InChI is InChI=1S/C23H28N4O2S/c1-3-29-20-14-17(7-8-19(20)26-10-12-28-13-11-26)22-21(18-6-4-5-9-24-18)25-23-27(22)15-16(2)30-23/h4-9,14,16,21-22H,3,10-13,15H2,1-2H3/t16-,21-,22+/m0/s1. The number of ether oxygens (including phenoxy) is 2. The monoisotopic (exact) mass is 424 g/mol. The quantitative estimate of drug-likeness (QED) is 0.726. The van der Waals surface area contributed by atoms with Gasteiger partial charge >= 0.3 is 0 Å². The Morgan fingerprint density at radius 2 is 2.07 bits per heavy atom. The minimum atomic E-state index is 0.00455. The van der Waals surface area contributed by atoms with Crippen LogP contribution in [0.4, 0.5) is 5.69 Å². The highest BCUT2D eigenvalue weighted by Crippen LogP contribution is 2.48. The molecule has 0 spiro atoms. The number of pyridine rings is 1. The van der Waals surface area contributed by atoms with Crippen LogP contribution in [0, 0.1) is 0 Å². The number of morpholine rings is 1. The molecule has 0 N–H and O–H groups in total. The molecular formula is C23H28N4O2S. The first kappa shape index (κ1) is 19.7. The Bertz CT molecular complexity index is 917. The second kappa shape index (κ2) is 8.47. The average molecular weight is 425 g/mol. The first-order chi connectivity index (χ1) is 14.7. The van der Waals surface area contributed by atoms with Crippen molar-refractivity contribution in [1.29, 1.82) is 0 Å². The maximum Gasteiger partial charge on any atom is 0.160 e. The molecule has 0 saturated carbocycles. The van der Waals surface area contributed by atoms with Crippen LogP contribution >= 0.6 is 11.8 Å². The molecule has 2 fully saturated rings. The molecule has 4 heterocycles. The van der Waals surface area contributed by atoms with Crippen molar-refractivity contribution in [1.82, 2.24) is 9.88 Å². The Morgan fingerprint density at radius 3 is 2.83 bits per heavy atom. The van der Waals surface area contributed by atoms with E-state index >= 15 is 0 Å². The van der Waals surface area contributed by atoms with Crippen LogP contribution in [-0.4, -0.2) is 59.8 Å². The number of rotatable bonds is 5. The summed E-state index contributed by atoms with van der Waals surface area (Å²) in [5, 5.41) is 1.69. The highest BCUT2D eigenvalue weighted by Gasteiger charge is 2.43. The molecule has 2 saturated heterocycles. The van der Waals surface area contributed by atoms with Gasteiger partial charge in [-0.25, -0.2) is 0 Å². The molecular weight excluding hydrogens is 396 g/mol. The minimum absolute atomic E-state index is 0.00455. The molecule has 0 unspecified atom stereocenters. The van der Waals surface area contributed by atoms with Crippen molar-refractivity contribution in [3.8, 4) is 5.75 Å². The third-order valence-corrected chi connectivity index (χ3v) is 6.96. The lowest BCUT2D eigenvalue weighted by atomic mass is 9.95. The fourth-order valence-corrected chi connectivity index (χ4v) is 5.62. The highest BCUT2D eigenvalue weighted by atomic mass is 32.2. The van der Waals surface area contributed by atoms with Crippen molar-refractivity contribution in [2.75, 3.05) is 44.4 Å². The second-order valence-corrected chi connectivity index (χ2v) is 9.30. The number of nitrogens with zero attached hydrogens (tertiary/aromatic N) is 4. The summed E-state index contributed by atoms with van der Waals surface area (Å²) >= 11 is 1.87. The lowest BCUT2D eigenvalue weighted by Gasteiger charge is -2.32. The highest BCUT2D eigenvalue weighted by molar-refractivity contribution is 8.14. The SMILES string of the molecule is CCOc1cc([C@@H]2[C@H](c3ccccn3)N=C3S[C@@H](C)CN32)ccc1N1CCOCC1. The van der Waals surface area contributed by atoms with E-state index in [9.17, 15) is 0 Å². The number of anilines is 1.